The van der Waals surface area contributed by atoms with E-state index in [1.165, 1.54) is 12.1 Å². The number of aliphatic hydroxyl groups is 1. The molecule has 6 heteroatoms. The van der Waals surface area contributed by atoms with E-state index in [1.54, 1.807) is 12.1 Å². The van der Waals surface area contributed by atoms with Crippen LogP contribution < -0.4 is 10.1 Å². The average Bonchev–Trinajstić information content (AvgIpc) is 2.34. The Bertz CT molecular complexity index is 353. The van der Waals surface area contributed by atoms with Crippen LogP contribution in [0.25, 0.3) is 0 Å². The first-order valence-corrected chi connectivity index (χ1v) is 5.35. The van der Waals surface area contributed by atoms with Crippen molar-refractivity contribution in [1.82, 2.24) is 5.32 Å². The van der Waals surface area contributed by atoms with Crippen LogP contribution in [0.1, 0.15) is 6.92 Å². The average molecular weight is 240 g/mol. The van der Waals surface area contributed by atoms with Crippen molar-refractivity contribution < 1.29 is 14.8 Å². The minimum Gasteiger partial charge on any atom is -0.492 e. The molecule has 1 aromatic rings. The number of nitrogens with one attached hydrogen (secondary N) is 1. The van der Waals surface area contributed by atoms with Gasteiger partial charge in [0.2, 0.25) is 0 Å². The Morgan fingerprint density at radius 2 is 2.12 bits per heavy atom. The first kappa shape index (κ1) is 13.4. The van der Waals surface area contributed by atoms with Gasteiger partial charge in [0.25, 0.3) is 5.69 Å². The van der Waals surface area contributed by atoms with Gasteiger partial charge in [-0.1, -0.05) is 0 Å². The topological polar surface area (TPSA) is 84.6 Å². The molecule has 0 aromatic heterocycles. The number of ether oxygens (including phenoxy) is 1. The van der Waals surface area contributed by atoms with Crippen LogP contribution in [0.3, 0.4) is 0 Å². The fourth-order valence-corrected chi connectivity index (χ4v) is 1.20. The SMILES string of the molecule is CC(CO)NCCOc1ccc([N+](=O)[O-])cc1. The molecule has 1 unspecified atom stereocenters. The zero-order valence-electron chi connectivity index (χ0n) is 9.63. The Morgan fingerprint density at radius 3 is 2.65 bits per heavy atom. The molecule has 0 fully saturated rings. The number of hydrogen-bond donors (Lipinski definition) is 2. The van der Waals surface area contributed by atoms with Crippen LogP contribution in [0.4, 0.5) is 5.69 Å². The predicted octanol–water partition coefficient (Wildman–Crippen LogP) is 0.944. The van der Waals surface area contributed by atoms with Crippen molar-refractivity contribution in [3.63, 3.8) is 0 Å². The second-order valence-electron chi connectivity index (χ2n) is 3.64. The van der Waals surface area contributed by atoms with Gasteiger partial charge in [0, 0.05) is 24.7 Å². The summed E-state index contributed by atoms with van der Waals surface area (Å²) in [6.07, 6.45) is 0. The molecule has 2 N–H and O–H groups in total. The number of rotatable bonds is 7. The van der Waals surface area contributed by atoms with Crippen molar-refractivity contribution in [2.24, 2.45) is 0 Å². The standard InChI is InChI=1S/C11H16N2O4/c1-9(8-14)12-6-7-17-11-4-2-10(3-5-11)13(15)16/h2-5,9,12,14H,6-8H2,1H3. The molecule has 0 aliphatic heterocycles. The van der Waals surface area contributed by atoms with Crippen LogP contribution in [0.2, 0.25) is 0 Å². The Hall–Kier alpha value is -1.66. The first-order valence-electron chi connectivity index (χ1n) is 5.35. The number of nitro benzene ring substituents is 1. The smallest absolute Gasteiger partial charge is 0.269 e. The summed E-state index contributed by atoms with van der Waals surface area (Å²) in [5, 5.41) is 22.2. The van der Waals surface area contributed by atoms with Crippen molar-refractivity contribution in [3.8, 4) is 5.75 Å². The number of non-ortho nitro benzene ring substituents is 1. The molecule has 0 amide bonds. The van der Waals surface area contributed by atoms with Gasteiger partial charge in [-0.2, -0.15) is 0 Å². The summed E-state index contributed by atoms with van der Waals surface area (Å²) in [5.74, 6) is 0.592. The molecule has 1 rings (SSSR count). The van der Waals surface area contributed by atoms with E-state index in [1.807, 2.05) is 6.92 Å². The fraction of sp³-hybridized carbons (Fsp3) is 0.455. The molecule has 0 bridgehead atoms. The molecule has 0 radical (unpaired) electrons. The zero-order chi connectivity index (χ0) is 12.7. The summed E-state index contributed by atoms with van der Waals surface area (Å²) < 4.78 is 5.37. The van der Waals surface area contributed by atoms with Gasteiger partial charge in [-0.25, -0.2) is 0 Å². The van der Waals surface area contributed by atoms with E-state index >= 15 is 0 Å². The zero-order valence-corrected chi connectivity index (χ0v) is 9.63. The van der Waals surface area contributed by atoms with Gasteiger partial charge in [0.05, 0.1) is 11.5 Å². The molecule has 6 nitrogen and oxygen atoms in total. The molecule has 0 saturated carbocycles. The number of nitro groups is 1. The van der Waals surface area contributed by atoms with E-state index in [4.69, 9.17) is 9.84 Å². The highest BCUT2D eigenvalue weighted by Crippen LogP contribution is 2.16. The van der Waals surface area contributed by atoms with Gasteiger partial charge >= 0.3 is 0 Å². The minimum absolute atomic E-state index is 0.0375. The van der Waals surface area contributed by atoms with Gasteiger partial charge in [-0.15, -0.1) is 0 Å². The number of aliphatic hydroxyl groups excluding tert-OH is 1. The van der Waals surface area contributed by atoms with Gasteiger partial charge in [-0.05, 0) is 19.1 Å². The van der Waals surface area contributed by atoms with E-state index in [0.29, 0.717) is 18.9 Å². The number of nitrogens with zero attached hydrogens (tertiary/aromatic N) is 1. The second kappa shape index (κ2) is 6.82. The van der Waals surface area contributed by atoms with E-state index in [-0.39, 0.29) is 18.3 Å². The third-order valence-corrected chi connectivity index (χ3v) is 2.18. The van der Waals surface area contributed by atoms with Crippen molar-refractivity contribution in [3.05, 3.63) is 34.4 Å². The predicted molar refractivity (Wildman–Crippen MR) is 63.1 cm³/mol. The third-order valence-electron chi connectivity index (χ3n) is 2.18. The molecule has 0 aliphatic rings. The highest BCUT2D eigenvalue weighted by molar-refractivity contribution is 5.35. The lowest BCUT2D eigenvalue weighted by Gasteiger charge is -2.11. The van der Waals surface area contributed by atoms with E-state index in [0.717, 1.165) is 0 Å². The molecule has 0 saturated heterocycles. The molecular weight excluding hydrogens is 224 g/mol. The summed E-state index contributed by atoms with van der Waals surface area (Å²) in [7, 11) is 0. The lowest BCUT2D eigenvalue weighted by atomic mass is 10.3. The number of hydrogen-bond acceptors (Lipinski definition) is 5. The maximum absolute atomic E-state index is 10.4. The summed E-state index contributed by atoms with van der Waals surface area (Å²) >= 11 is 0. The van der Waals surface area contributed by atoms with Gasteiger partial charge in [0.15, 0.2) is 0 Å². The molecular formula is C11H16N2O4. The fourth-order valence-electron chi connectivity index (χ4n) is 1.20. The molecule has 0 heterocycles. The minimum atomic E-state index is -0.450. The normalized spacial score (nSPS) is 12.1. The van der Waals surface area contributed by atoms with Crippen LogP contribution in [-0.4, -0.2) is 35.8 Å². The molecule has 0 aliphatic carbocycles. The maximum atomic E-state index is 10.4. The summed E-state index contributed by atoms with van der Waals surface area (Å²) in [5.41, 5.74) is 0.0457. The first-order chi connectivity index (χ1) is 8.13. The lowest BCUT2D eigenvalue weighted by Crippen LogP contribution is -2.32. The van der Waals surface area contributed by atoms with Crippen LogP contribution in [0.15, 0.2) is 24.3 Å². The number of benzene rings is 1. The second-order valence-corrected chi connectivity index (χ2v) is 3.64. The van der Waals surface area contributed by atoms with E-state index in [2.05, 4.69) is 5.32 Å². The van der Waals surface area contributed by atoms with Gasteiger partial charge in [0.1, 0.15) is 12.4 Å². The van der Waals surface area contributed by atoms with Crippen molar-refractivity contribution >= 4 is 5.69 Å². The molecule has 0 spiro atoms. The summed E-state index contributed by atoms with van der Waals surface area (Å²) in [6, 6.07) is 5.97. The third kappa shape index (κ3) is 4.80. The Labute approximate surface area is 99.4 Å². The quantitative estimate of drug-likeness (QED) is 0.421. The summed E-state index contributed by atoms with van der Waals surface area (Å²) in [4.78, 5) is 9.96. The van der Waals surface area contributed by atoms with Gasteiger partial charge < -0.3 is 15.2 Å². The maximum Gasteiger partial charge on any atom is 0.269 e. The largest absolute Gasteiger partial charge is 0.492 e. The van der Waals surface area contributed by atoms with Gasteiger partial charge in [-0.3, -0.25) is 10.1 Å². The Kier molecular flexibility index (Phi) is 5.38. The molecule has 1 aromatic carbocycles. The molecule has 17 heavy (non-hydrogen) atoms. The summed E-state index contributed by atoms with van der Waals surface area (Å²) in [6.45, 7) is 3.00. The molecule has 94 valence electrons. The van der Waals surface area contributed by atoms with E-state index in [9.17, 15) is 10.1 Å². The van der Waals surface area contributed by atoms with Crippen LogP contribution in [0, 0.1) is 10.1 Å². The lowest BCUT2D eigenvalue weighted by molar-refractivity contribution is -0.384. The van der Waals surface area contributed by atoms with Crippen molar-refractivity contribution in [2.45, 2.75) is 13.0 Å². The highest BCUT2D eigenvalue weighted by atomic mass is 16.6. The molecule has 1 atom stereocenters. The van der Waals surface area contributed by atoms with E-state index < -0.39 is 4.92 Å². The Balaban J connectivity index is 2.30. The Morgan fingerprint density at radius 1 is 1.47 bits per heavy atom. The van der Waals surface area contributed by atoms with Crippen LogP contribution in [0.5, 0.6) is 5.75 Å². The monoisotopic (exact) mass is 240 g/mol. The van der Waals surface area contributed by atoms with Crippen LogP contribution >= 0.6 is 0 Å². The van der Waals surface area contributed by atoms with Crippen molar-refractivity contribution in [2.75, 3.05) is 19.8 Å². The van der Waals surface area contributed by atoms with Crippen molar-refractivity contribution in [1.29, 1.82) is 0 Å². The van der Waals surface area contributed by atoms with Crippen LogP contribution in [-0.2, 0) is 0 Å². The highest BCUT2D eigenvalue weighted by Gasteiger charge is 2.04.